The molecule has 0 saturated heterocycles. The Morgan fingerprint density at radius 3 is 2.06 bits per heavy atom. The fraction of sp³-hybridized carbons (Fsp3) is 0.125. The molecule has 166 valence electrons. The van der Waals surface area contributed by atoms with Crippen LogP contribution in [0.1, 0.15) is 19.4 Å². The van der Waals surface area contributed by atoms with Gasteiger partial charge < -0.3 is 0 Å². The summed E-state index contributed by atoms with van der Waals surface area (Å²) in [5, 5.41) is 0. The first kappa shape index (κ1) is 21.8. The number of pyridine rings is 2. The quantitative estimate of drug-likeness (QED) is 0.265. The smallest absolute Gasteiger partial charge is 0.0715 e. The summed E-state index contributed by atoms with van der Waals surface area (Å²) >= 11 is 0. The molecule has 2 heterocycles. The molecule has 2 nitrogen and oxygen atoms in total. The SMILES string of the molecule is CC(C)Cc1ccnc(-c2cccc(-c3ccccc3-c3cccc(-c4ccccc4)n3)c2)c1. The van der Waals surface area contributed by atoms with Crippen LogP contribution >= 0.6 is 0 Å². The lowest BCUT2D eigenvalue weighted by Gasteiger charge is -2.12. The monoisotopic (exact) mass is 440 g/mol. The molecule has 5 aromatic rings. The van der Waals surface area contributed by atoms with Gasteiger partial charge in [-0.3, -0.25) is 4.98 Å². The van der Waals surface area contributed by atoms with E-state index in [2.05, 4.69) is 110 Å². The number of aromatic nitrogens is 2. The molecule has 2 heteroatoms. The molecule has 0 aliphatic carbocycles. The highest BCUT2D eigenvalue weighted by atomic mass is 14.7. The second-order valence-corrected chi connectivity index (χ2v) is 9.05. The van der Waals surface area contributed by atoms with Crippen LogP contribution in [0, 0.1) is 5.92 Å². The Balaban J connectivity index is 1.54. The Labute approximate surface area is 202 Å². The van der Waals surface area contributed by atoms with Crippen molar-refractivity contribution in [2.75, 3.05) is 0 Å². The van der Waals surface area contributed by atoms with Crippen molar-refractivity contribution in [2.45, 2.75) is 20.3 Å². The molecule has 0 fully saturated rings. The zero-order chi connectivity index (χ0) is 23.3. The summed E-state index contributed by atoms with van der Waals surface area (Å²) in [7, 11) is 0. The normalized spacial score (nSPS) is 11.0. The van der Waals surface area contributed by atoms with Crippen molar-refractivity contribution in [1.82, 2.24) is 9.97 Å². The molecule has 5 rings (SSSR count). The zero-order valence-electron chi connectivity index (χ0n) is 19.6. The first-order chi connectivity index (χ1) is 16.7. The largest absolute Gasteiger partial charge is 0.256 e. The van der Waals surface area contributed by atoms with E-state index in [0.29, 0.717) is 5.92 Å². The number of nitrogens with zero attached hydrogens (tertiary/aromatic N) is 2. The molecule has 0 atom stereocenters. The lowest BCUT2D eigenvalue weighted by Crippen LogP contribution is -1.95. The van der Waals surface area contributed by atoms with Crippen LogP contribution in [0.3, 0.4) is 0 Å². The highest BCUT2D eigenvalue weighted by Gasteiger charge is 2.11. The molecule has 0 amide bonds. The molecule has 0 saturated carbocycles. The molecule has 0 bridgehead atoms. The first-order valence-corrected chi connectivity index (χ1v) is 11.8. The molecule has 34 heavy (non-hydrogen) atoms. The predicted octanol–water partition coefficient (Wildman–Crippen LogP) is 8.34. The highest BCUT2D eigenvalue weighted by molar-refractivity contribution is 5.84. The van der Waals surface area contributed by atoms with Gasteiger partial charge in [-0.2, -0.15) is 0 Å². The van der Waals surface area contributed by atoms with E-state index < -0.39 is 0 Å². The summed E-state index contributed by atoms with van der Waals surface area (Å²) in [5.41, 5.74) is 10.00. The molecular weight excluding hydrogens is 412 g/mol. The minimum Gasteiger partial charge on any atom is -0.256 e. The molecule has 0 radical (unpaired) electrons. The van der Waals surface area contributed by atoms with Crippen LogP contribution in [0.5, 0.6) is 0 Å². The van der Waals surface area contributed by atoms with E-state index in [1.807, 2.05) is 24.4 Å². The van der Waals surface area contributed by atoms with Crippen LogP contribution < -0.4 is 0 Å². The lowest BCUT2D eigenvalue weighted by molar-refractivity contribution is 0.647. The molecule has 0 spiro atoms. The van der Waals surface area contributed by atoms with Gasteiger partial charge in [-0.05, 0) is 59.4 Å². The van der Waals surface area contributed by atoms with Gasteiger partial charge in [-0.25, -0.2) is 4.98 Å². The van der Waals surface area contributed by atoms with E-state index in [0.717, 1.165) is 45.8 Å². The van der Waals surface area contributed by atoms with Gasteiger partial charge in [0.05, 0.1) is 17.1 Å². The molecule has 0 aliphatic rings. The van der Waals surface area contributed by atoms with Crippen LogP contribution in [0.25, 0.3) is 44.9 Å². The van der Waals surface area contributed by atoms with Crippen molar-refractivity contribution < 1.29 is 0 Å². The zero-order valence-corrected chi connectivity index (χ0v) is 19.6. The van der Waals surface area contributed by atoms with Crippen LogP contribution in [0.15, 0.2) is 115 Å². The van der Waals surface area contributed by atoms with Gasteiger partial charge in [0, 0.05) is 22.9 Å². The van der Waals surface area contributed by atoms with Crippen LogP contribution in [0.2, 0.25) is 0 Å². The minimum absolute atomic E-state index is 0.618. The van der Waals surface area contributed by atoms with Crippen molar-refractivity contribution in [3.05, 3.63) is 121 Å². The van der Waals surface area contributed by atoms with E-state index in [1.165, 1.54) is 11.1 Å². The number of rotatable bonds is 6. The molecular formula is C32H28N2. The van der Waals surface area contributed by atoms with Crippen molar-refractivity contribution >= 4 is 0 Å². The topological polar surface area (TPSA) is 25.8 Å². The standard InChI is InChI=1S/C32H28N2/c1-23(2)20-24-18-19-33-32(21-24)27-13-8-12-26(22-27)28-14-6-7-15-29(28)31-17-9-16-30(34-31)25-10-4-3-5-11-25/h3-19,21-23H,20H2,1-2H3. The Bertz CT molecular complexity index is 1400. The van der Waals surface area contributed by atoms with Crippen LogP contribution in [0.4, 0.5) is 0 Å². The maximum atomic E-state index is 5.01. The Kier molecular flexibility index (Phi) is 6.31. The Morgan fingerprint density at radius 2 is 1.24 bits per heavy atom. The van der Waals surface area contributed by atoms with E-state index >= 15 is 0 Å². The van der Waals surface area contributed by atoms with Crippen molar-refractivity contribution in [1.29, 1.82) is 0 Å². The van der Waals surface area contributed by atoms with Gasteiger partial charge in [0.2, 0.25) is 0 Å². The van der Waals surface area contributed by atoms with Crippen molar-refractivity contribution in [2.24, 2.45) is 5.92 Å². The highest BCUT2D eigenvalue weighted by Crippen LogP contribution is 2.34. The van der Waals surface area contributed by atoms with E-state index in [4.69, 9.17) is 4.98 Å². The van der Waals surface area contributed by atoms with Gasteiger partial charge in [0.25, 0.3) is 0 Å². The van der Waals surface area contributed by atoms with Crippen LogP contribution in [-0.4, -0.2) is 9.97 Å². The minimum atomic E-state index is 0.618. The van der Waals surface area contributed by atoms with Crippen molar-refractivity contribution in [3.8, 4) is 44.9 Å². The average Bonchev–Trinajstić information content (AvgIpc) is 2.89. The number of benzene rings is 3. The number of hydrogen-bond acceptors (Lipinski definition) is 2. The van der Waals surface area contributed by atoms with Gasteiger partial charge >= 0.3 is 0 Å². The summed E-state index contributed by atoms with van der Waals surface area (Å²) in [6.45, 7) is 4.50. The summed E-state index contributed by atoms with van der Waals surface area (Å²) < 4.78 is 0. The maximum absolute atomic E-state index is 5.01. The van der Waals surface area contributed by atoms with Gasteiger partial charge in [0.1, 0.15) is 0 Å². The van der Waals surface area contributed by atoms with E-state index in [-0.39, 0.29) is 0 Å². The fourth-order valence-electron chi connectivity index (χ4n) is 4.39. The molecule has 0 N–H and O–H groups in total. The summed E-state index contributed by atoms with van der Waals surface area (Å²) in [4.78, 5) is 9.67. The fourth-order valence-corrected chi connectivity index (χ4v) is 4.39. The second kappa shape index (κ2) is 9.84. The molecule has 3 aromatic carbocycles. The summed E-state index contributed by atoms with van der Waals surface area (Å²) in [6, 6.07) is 38.1. The average molecular weight is 441 g/mol. The van der Waals surface area contributed by atoms with Gasteiger partial charge in [-0.1, -0.05) is 92.7 Å². The summed E-state index contributed by atoms with van der Waals surface area (Å²) in [6.07, 6.45) is 2.98. The van der Waals surface area contributed by atoms with Crippen molar-refractivity contribution in [3.63, 3.8) is 0 Å². The molecule has 0 aliphatic heterocycles. The Hall–Kier alpha value is -4.04. The second-order valence-electron chi connectivity index (χ2n) is 9.05. The summed E-state index contributed by atoms with van der Waals surface area (Å²) in [5.74, 6) is 0.618. The van der Waals surface area contributed by atoms with E-state index in [9.17, 15) is 0 Å². The molecule has 2 aromatic heterocycles. The predicted molar refractivity (Wildman–Crippen MR) is 142 cm³/mol. The van der Waals surface area contributed by atoms with Gasteiger partial charge in [-0.15, -0.1) is 0 Å². The molecule has 0 unspecified atom stereocenters. The first-order valence-electron chi connectivity index (χ1n) is 11.8. The third-order valence-corrected chi connectivity index (χ3v) is 5.96. The lowest BCUT2D eigenvalue weighted by atomic mass is 9.94. The third-order valence-electron chi connectivity index (χ3n) is 5.96. The van der Waals surface area contributed by atoms with Gasteiger partial charge in [0.15, 0.2) is 0 Å². The van der Waals surface area contributed by atoms with E-state index in [1.54, 1.807) is 0 Å². The maximum Gasteiger partial charge on any atom is 0.0715 e. The Morgan fingerprint density at radius 1 is 0.559 bits per heavy atom. The third kappa shape index (κ3) is 4.82. The van der Waals surface area contributed by atoms with Crippen LogP contribution in [-0.2, 0) is 6.42 Å². The number of hydrogen-bond donors (Lipinski definition) is 0.